The van der Waals surface area contributed by atoms with Crippen LogP contribution < -0.4 is 15.8 Å². The number of methoxy groups -OCH3 is 1. The Kier molecular flexibility index (Phi) is 13.8. The molecular formula is C19H31BrN4O2S. The second kappa shape index (κ2) is 14.6. The van der Waals surface area contributed by atoms with Gasteiger partial charge in [0.1, 0.15) is 22.6 Å². The second-order valence-corrected chi connectivity index (χ2v) is 7.68. The number of aliphatic imine (C=N–C) groups is 1. The summed E-state index contributed by atoms with van der Waals surface area (Å²) in [5, 5.41) is 11.9. The van der Waals surface area contributed by atoms with Gasteiger partial charge in [-0.25, -0.2) is 14.3 Å². The molecule has 0 heterocycles. The molecule has 0 aliphatic carbocycles. The van der Waals surface area contributed by atoms with Crippen molar-refractivity contribution in [3.05, 3.63) is 47.2 Å². The third-order valence-corrected chi connectivity index (χ3v) is 4.73. The summed E-state index contributed by atoms with van der Waals surface area (Å²) in [6.45, 7) is 11.8. The summed E-state index contributed by atoms with van der Waals surface area (Å²) in [5.74, 6) is 1.50. The molecule has 152 valence electrons. The number of halogens is 1. The topological polar surface area (TPSA) is 88.7 Å². The summed E-state index contributed by atoms with van der Waals surface area (Å²) in [7, 11) is 0.202. The first-order valence-electron chi connectivity index (χ1n) is 8.58. The van der Waals surface area contributed by atoms with Gasteiger partial charge in [0.05, 0.1) is 11.5 Å². The van der Waals surface area contributed by atoms with Gasteiger partial charge in [-0.15, -0.1) is 6.58 Å². The Morgan fingerprint density at radius 1 is 1.44 bits per heavy atom. The smallest absolute Gasteiger partial charge is 0.138 e. The van der Waals surface area contributed by atoms with Gasteiger partial charge in [0.25, 0.3) is 0 Å². The maximum absolute atomic E-state index is 11.2. The number of amidine groups is 1. The third kappa shape index (κ3) is 11.1. The lowest BCUT2D eigenvalue weighted by atomic mass is 10.3. The molecule has 0 bridgehead atoms. The van der Waals surface area contributed by atoms with Crippen LogP contribution in [0, 0.1) is 0 Å². The largest absolute Gasteiger partial charge is 0.383 e. The zero-order chi connectivity index (χ0) is 20.8. The van der Waals surface area contributed by atoms with Crippen LogP contribution in [0.25, 0.3) is 0 Å². The number of anilines is 1. The van der Waals surface area contributed by atoms with Crippen LogP contribution in [0.4, 0.5) is 5.69 Å². The molecular weight excluding hydrogens is 428 g/mol. The van der Waals surface area contributed by atoms with Gasteiger partial charge < -0.3 is 15.4 Å². The standard InChI is InChI=1S/C16H25BrN4O2S.C3H6/c1-5-15(17)16(19-11(2)10-23-4)21-12(3)20-13-6-8-14(9-7-13)24(18)22;1-3-2/h6-9,11,19H,5,10,18H2,1-4H3,(H,20,21);3H,1H2,2H3/b16-15+;. The van der Waals surface area contributed by atoms with Gasteiger partial charge in [-0.3, -0.25) is 0 Å². The van der Waals surface area contributed by atoms with Crippen molar-refractivity contribution in [1.82, 2.24) is 5.32 Å². The van der Waals surface area contributed by atoms with Crippen LogP contribution in [0.5, 0.6) is 0 Å². The van der Waals surface area contributed by atoms with Gasteiger partial charge in [0.15, 0.2) is 0 Å². The predicted molar refractivity (Wildman–Crippen MR) is 120 cm³/mol. The molecule has 0 spiro atoms. The van der Waals surface area contributed by atoms with Crippen LogP contribution in [0.2, 0.25) is 0 Å². The van der Waals surface area contributed by atoms with Gasteiger partial charge in [-0.2, -0.15) is 0 Å². The first kappa shape index (κ1) is 25.5. The summed E-state index contributed by atoms with van der Waals surface area (Å²) in [5.41, 5.74) is 0.849. The number of hydrogen-bond donors (Lipinski definition) is 3. The van der Waals surface area contributed by atoms with E-state index in [1.807, 2.05) is 32.9 Å². The SMILES string of the molecule is C=CC.CC/C(Br)=C(\N=C(/C)Nc1ccc(S(N)=O)cc1)NC(C)COC. The predicted octanol–water partition coefficient (Wildman–Crippen LogP) is 4.29. The van der Waals surface area contributed by atoms with Crippen LogP contribution in [0.3, 0.4) is 0 Å². The number of nitrogens with one attached hydrogen (secondary N) is 2. The lowest BCUT2D eigenvalue weighted by Crippen LogP contribution is -2.30. The van der Waals surface area contributed by atoms with Crippen LogP contribution in [-0.4, -0.2) is 29.8 Å². The fourth-order valence-electron chi connectivity index (χ4n) is 1.94. The Balaban J connectivity index is 0.00000210. The van der Waals surface area contributed by atoms with E-state index >= 15 is 0 Å². The van der Waals surface area contributed by atoms with Crippen molar-refractivity contribution in [3.63, 3.8) is 0 Å². The van der Waals surface area contributed by atoms with Gasteiger partial charge >= 0.3 is 0 Å². The summed E-state index contributed by atoms with van der Waals surface area (Å²) >= 11 is 3.56. The van der Waals surface area contributed by atoms with E-state index in [0.717, 1.165) is 28.2 Å². The summed E-state index contributed by atoms with van der Waals surface area (Å²) < 4.78 is 17.3. The first-order valence-corrected chi connectivity index (χ1v) is 10.6. The molecule has 0 saturated carbocycles. The third-order valence-electron chi connectivity index (χ3n) is 3.06. The number of nitrogens with zero attached hydrogens (tertiary/aromatic N) is 1. The highest BCUT2D eigenvalue weighted by molar-refractivity contribution is 9.11. The summed E-state index contributed by atoms with van der Waals surface area (Å²) in [4.78, 5) is 5.19. The molecule has 6 nitrogen and oxygen atoms in total. The van der Waals surface area contributed by atoms with Crippen LogP contribution in [0.15, 0.2) is 57.1 Å². The highest BCUT2D eigenvalue weighted by Crippen LogP contribution is 2.17. The minimum absolute atomic E-state index is 0.138. The molecule has 2 atom stereocenters. The normalized spacial score (nSPS) is 14.3. The molecule has 27 heavy (non-hydrogen) atoms. The van der Waals surface area contributed by atoms with E-state index in [2.05, 4.69) is 45.1 Å². The molecule has 1 aromatic rings. The first-order chi connectivity index (χ1) is 12.8. The maximum Gasteiger partial charge on any atom is 0.138 e. The minimum atomic E-state index is -1.47. The molecule has 0 radical (unpaired) electrons. The highest BCUT2D eigenvalue weighted by Gasteiger charge is 2.08. The highest BCUT2D eigenvalue weighted by atomic mass is 79.9. The molecule has 8 heteroatoms. The number of benzene rings is 1. The zero-order valence-corrected chi connectivity index (χ0v) is 19.1. The van der Waals surface area contributed by atoms with E-state index < -0.39 is 11.0 Å². The van der Waals surface area contributed by atoms with E-state index in [0.29, 0.717) is 11.5 Å². The van der Waals surface area contributed by atoms with Gasteiger partial charge in [-0.1, -0.05) is 28.9 Å². The van der Waals surface area contributed by atoms with Crippen LogP contribution >= 0.6 is 15.9 Å². The fraction of sp³-hybridized carbons (Fsp3) is 0.421. The average Bonchev–Trinajstić information content (AvgIpc) is 2.61. The maximum atomic E-state index is 11.2. The lowest BCUT2D eigenvalue weighted by molar-refractivity contribution is 0.176. The number of ether oxygens (including phenoxy) is 1. The van der Waals surface area contributed by atoms with Gasteiger partial charge in [-0.05, 0) is 51.5 Å². The van der Waals surface area contributed by atoms with E-state index in [4.69, 9.17) is 9.88 Å². The zero-order valence-electron chi connectivity index (χ0n) is 16.7. The molecule has 0 aromatic heterocycles. The molecule has 2 unspecified atom stereocenters. The quantitative estimate of drug-likeness (QED) is 0.308. The summed E-state index contributed by atoms with van der Waals surface area (Å²) in [6, 6.07) is 7.23. The van der Waals surface area contributed by atoms with Crippen molar-refractivity contribution < 1.29 is 8.95 Å². The van der Waals surface area contributed by atoms with Crippen molar-refractivity contribution in [1.29, 1.82) is 0 Å². The average molecular weight is 459 g/mol. The fourth-order valence-corrected chi connectivity index (χ4v) is 2.55. The van der Waals surface area contributed by atoms with Crippen LogP contribution in [0.1, 0.15) is 34.1 Å². The Hall–Kier alpha value is -1.48. The summed E-state index contributed by atoms with van der Waals surface area (Å²) in [6.07, 6.45) is 2.58. The van der Waals surface area contributed by atoms with Gasteiger partial charge in [0.2, 0.25) is 0 Å². The molecule has 4 N–H and O–H groups in total. The van der Waals surface area contributed by atoms with E-state index in [9.17, 15) is 4.21 Å². The molecule has 1 rings (SSSR count). The van der Waals surface area contributed by atoms with E-state index in [-0.39, 0.29) is 6.04 Å². The Morgan fingerprint density at radius 2 is 2.00 bits per heavy atom. The van der Waals surface area contributed by atoms with Crippen LogP contribution in [-0.2, 0) is 15.7 Å². The number of rotatable bonds is 8. The molecule has 0 aliphatic heterocycles. The minimum Gasteiger partial charge on any atom is -0.383 e. The Morgan fingerprint density at radius 3 is 2.44 bits per heavy atom. The van der Waals surface area contributed by atoms with Gasteiger partial charge in [0, 0.05) is 23.3 Å². The molecule has 0 saturated heterocycles. The van der Waals surface area contributed by atoms with Crippen molar-refractivity contribution >= 4 is 38.4 Å². The van der Waals surface area contributed by atoms with Crippen molar-refractivity contribution in [2.75, 3.05) is 19.0 Å². The molecule has 0 fully saturated rings. The van der Waals surface area contributed by atoms with Crippen molar-refractivity contribution in [2.24, 2.45) is 10.1 Å². The van der Waals surface area contributed by atoms with E-state index in [1.54, 1.807) is 25.3 Å². The number of allylic oxidation sites excluding steroid dienone is 2. The van der Waals surface area contributed by atoms with Crippen molar-refractivity contribution in [3.8, 4) is 0 Å². The monoisotopic (exact) mass is 458 g/mol. The number of nitrogens with two attached hydrogens (primary N) is 1. The molecule has 1 aromatic carbocycles. The van der Waals surface area contributed by atoms with E-state index in [1.165, 1.54) is 0 Å². The lowest BCUT2D eigenvalue weighted by Gasteiger charge is -2.17. The molecule has 0 aliphatic rings. The van der Waals surface area contributed by atoms with Crippen molar-refractivity contribution in [2.45, 2.75) is 45.1 Å². The Labute approximate surface area is 174 Å². The second-order valence-electron chi connectivity index (χ2n) is 5.66. The number of hydrogen-bond acceptors (Lipinski definition) is 4. The Bertz CT molecular complexity index is 660. The molecule has 0 amide bonds.